The van der Waals surface area contributed by atoms with Gasteiger partial charge in [-0.05, 0) is 50.5 Å². The molecule has 0 aliphatic carbocycles. The Hall–Kier alpha value is -2.27. The van der Waals surface area contributed by atoms with Crippen molar-refractivity contribution in [1.82, 2.24) is 0 Å². The lowest BCUT2D eigenvalue weighted by Crippen LogP contribution is -2.20. The van der Waals surface area contributed by atoms with Gasteiger partial charge in [0.15, 0.2) is 11.6 Å². The van der Waals surface area contributed by atoms with Gasteiger partial charge in [0, 0.05) is 17.0 Å². The molecule has 144 valence electrons. The van der Waals surface area contributed by atoms with Crippen LogP contribution in [0.4, 0.5) is 13.2 Å². The highest BCUT2D eigenvalue weighted by Crippen LogP contribution is 2.35. The van der Waals surface area contributed by atoms with Gasteiger partial charge in [-0.1, -0.05) is 24.3 Å². The molecule has 27 heavy (non-hydrogen) atoms. The Balaban J connectivity index is 1.82. The highest BCUT2D eigenvalue weighted by molar-refractivity contribution is 5.66. The van der Waals surface area contributed by atoms with E-state index in [1.807, 2.05) is 13.0 Å². The Morgan fingerprint density at radius 3 is 2.56 bits per heavy atom. The third-order valence-electron chi connectivity index (χ3n) is 4.78. The van der Waals surface area contributed by atoms with Crippen molar-refractivity contribution in [2.24, 2.45) is 5.92 Å². The minimum Gasteiger partial charge on any atom is -0.491 e. The molecule has 1 aliphatic heterocycles. The first kappa shape index (κ1) is 19.5. The molecule has 2 aromatic carbocycles. The molecule has 3 rings (SSSR count). The molecule has 0 bridgehead atoms. The number of halogens is 3. The maximum atomic E-state index is 14.7. The van der Waals surface area contributed by atoms with Crippen LogP contribution in [0, 0.1) is 23.4 Å². The predicted octanol–water partition coefficient (Wildman–Crippen LogP) is 6.21. The van der Waals surface area contributed by atoms with Gasteiger partial charge in [0.05, 0.1) is 19.3 Å². The predicted molar refractivity (Wildman–Crippen MR) is 99.2 cm³/mol. The third kappa shape index (κ3) is 4.19. The van der Waals surface area contributed by atoms with Gasteiger partial charge in [-0.25, -0.2) is 8.78 Å². The fraction of sp³-hybridized carbons (Fsp3) is 0.364. The zero-order valence-corrected chi connectivity index (χ0v) is 15.5. The summed E-state index contributed by atoms with van der Waals surface area (Å²) in [6.07, 6.45) is 5.42. The zero-order chi connectivity index (χ0) is 19.4. The first-order chi connectivity index (χ1) is 13.0. The Morgan fingerprint density at radius 2 is 1.93 bits per heavy atom. The van der Waals surface area contributed by atoms with Crippen molar-refractivity contribution in [3.05, 3.63) is 65.5 Å². The molecule has 2 unspecified atom stereocenters. The first-order valence-electron chi connectivity index (χ1n) is 9.20. The van der Waals surface area contributed by atoms with Crippen LogP contribution in [0.15, 0.2) is 42.5 Å². The van der Waals surface area contributed by atoms with Crippen molar-refractivity contribution >= 4 is 0 Å². The van der Waals surface area contributed by atoms with Crippen molar-refractivity contribution in [1.29, 1.82) is 0 Å². The zero-order valence-electron chi connectivity index (χ0n) is 15.5. The van der Waals surface area contributed by atoms with Gasteiger partial charge in [-0.3, -0.25) is 0 Å². The molecule has 1 fully saturated rings. The van der Waals surface area contributed by atoms with Crippen LogP contribution in [0.25, 0.3) is 11.1 Å². The average molecular weight is 376 g/mol. The lowest BCUT2D eigenvalue weighted by molar-refractivity contribution is -0.00711. The average Bonchev–Trinajstić information content (AvgIpc) is 2.67. The van der Waals surface area contributed by atoms with Gasteiger partial charge in [-0.15, -0.1) is 0 Å². The summed E-state index contributed by atoms with van der Waals surface area (Å²) in [5.41, 5.74) is 0.724. The van der Waals surface area contributed by atoms with Crippen LogP contribution in [0.5, 0.6) is 5.75 Å². The number of benzene rings is 2. The van der Waals surface area contributed by atoms with E-state index in [0.29, 0.717) is 18.1 Å². The minimum atomic E-state index is -1.07. The van der Waals surface area contributed by atoms with Crippen LogP contribution in [0.1, 0.15) is 38.4 Å². The molecule has 0 aromatic heterocycles. The fourth-order valence-electron chi connectivity index (χ4n) is 3.42. The molecular formula is C22H23F3O2. The smallest absolute Gasteiger partial charge is 0.201 e. The first-order valence-corrected chi connectivity index (χ1v) is 9.20. The number of hydrogen-bond donors (Lipinski definition) is 0. The second-order valence-corrected chi connectivity index (χ2v) is 6.59. The molecule has 2 aromatic rings. The molecule has 0 spiro atoms. The van der Waals surface area contributed by atoms with E-state index in [1.54, 1.807) is 19.1 Å². The van der Waals surface area contributed by atoms with Crippen LogP contribution in [-0.4, -0.2) is 13.2 Å². The van der Waals surface area contributed by atoms with Gasteiger partial charge in [-0.2, -0.15) is 4.39 Å². The highest BCUT2D eigenvalue weighted by atomic mass is 19.2. The van der Waals surface area contributed by atoms with Gasteiger partial charge in [0.25, 0.3) is 0 Å². The van der Waals surface area contributed by atoms with E-state index in [-0.39, 0.29) is 29.6 Å². The summed E-state index contributed by atoms with van der Waals surface area (Å²) in [4.78, 5) is 0. The molecule has 2 atom stereocenters. The monoisotopic (exact) mass is 376 g/mol. The molecule has 0 N–H and O–H groups in total. The van der Waals surface area contributed by atoms with E-state index in [0.717, 1.165) is 12.8 Å². The van der Waals surface area contributed by atoms with Gasteiger partial charge < -0.3 is 9.47 Å². The molecule has 5 heteroatoms. The second-order valence-electron chi connectivity index (χ2n) is 6.59. The normalized spacial score (nSPS) is 20.2. The summed E-state index contributed by atoms with van der Waals surface area (Å²) in [6, 6.07) is 7.18. The number of rotatable bonds is 5. The second kappa shape index (κ2) is 8.61. The van der Waals surface area contributed by atoms with Crippen LogP contribution < -0.4 is 4.74 Å². The maximum Gasteiger partial charge on any atom is 0.201 e. The molecule has 0 amide bonds. The van der Waals surface area contributed by atoms with E-state index in [9.17, 15) is 13.2 Å². The fourth-order valence-corrected chi connectivity index (χ4v) is 3.42. The summed E-state index contributed by atoms with van der Waals surface area (Å²) < 4.78 is 54.0. The molecule has 0 saturated carbocycles. The van der Waals surface area contributed by atoms with Crippen molar-refractivity contribution in [3.8, 4) is 16.9 Å². The van der Waals surface area contributed by atoms with Crippen LogP contribution >= 0.6 is 0 Å². The topological polar surface area (TPSA) is 18.5 Å². The largest absolute Gasteiger partial charge is 0.491 e. The molecule has 0 radical (unpaired) electrons. The van der Waals surface area contributed by atoms with E-state index >= 15 is 0 Å². The van der Waals surface area contributed by atoms with E-state index in [4.69, 9.17) is 9.47 Å². The number of ether oxygens (including phenoxy) is 2. The van der Waals surface area contributed by atoms with Crippen LogP contribution in [-0.2, 0) is 4.74 Å². The molecule has 1 aliphatic rings. The Bertz CT molecular complexity index is 825. The number of allylic oxidation sites excluding steroid dienone is 1. The Kier molecular flexibility index (Phi) is 6.22. The Morgan fingerprint density at radius 1 is 1.11 bits per heavy atom. The van der Waals surface area contributed by atoms with Crippen molar-refractivity contribution < 1.29 is 22.6 Å². The van der Waals surface area contributed by atoms with Crippen LogP contribution in [0.2, 0.25) is 0 Å². The van der Waals surface area contributed by atoms with E-state index in [2.05, 4.69) is 6.08 Å². The molecule has 1 saturated heterocycles. The third-order valence-corrected chi connectivity index (χ3v) is 4.78. The molecule has 2 nitrogen and oxygen atoms in total. The standard InChI is InChI=1S/C22H23F3O2/c1-3-5-14-6-10-19(27-13-14)17-8-7-15(12-18(17)23)16-9-11-20(26-4-2)22(25)21(16)24/h3,5,7-9,11-12,14,19H,4,6,10,13H2,1-2H3/b5-3+. The quantitative estimate of drug-likeness (QED) is 0.577. The van der Waals surface area contributed by atoms with Crippen molar-refractivity contribution in [3.63, 3.8) is 0 Å². The van der Waals surface area contributed by atoms with Gasteiger partial charge >= 0.3 is 0 Å². The number of hydrogen-bond acceptors (Lipinski definition) is 2. The lowest BCUT2D eigenvalue weighted by atomic mass is 9.93. The lowest BCUT2D eigenvalue weighted by Gasteiger charge is -2.28. The highest BCUT2D eigenvalue weighted by Gasteiger charge is 2.24. The summed E-state index contributed by atoms with van der Waals surface area (Å²) in [6.45, 7) is 4.44. The summed E-state index contributed by atoms with van der Waals surface area (Å²) in [7, 11) is 0. The van der Waals surface area contributed by atoms with Gasteiger partial charge in [0.1, 0.15) is 5.82 Å². The van der Waals surface area contributed by atoms with Crippen molar-refractivity contribution in [2.45, 2.75) is 32.8 Å². The molecular weight excluding hydrogens is 353 g/mol. The van der Waals surface area contributed by atoms with Gasteiger partial charge in [0.2, 0.25) is 5.82 Å². The van der Waals surface area contributed by atoms with Crippen LogP contribution in [0.3, 0.4) is 0 Å². The Labute approximate surface area is 157 Å². The SMILES string of the molecule is C/C=C/C1CCC(c2ccc(-c3ccc(OCC)c(F)c3F)cc2F)OC1. The van der Waals surface area contributed by atoms with E-state index in [1.165, 1.54) is 18.2 Å². The molecule has 1 heterocycles. The maximum absolute atomic E-state index is 14.7. The minimum absolute atomic E-state index is 0.000822. The van der Waals surface area contributed by atoms with E-state index < -0.39 is 17.5 Å². The summed E-state index contributed by atoms with van der Waals surface area (Å²) in [5.74, 6) is -2.38. The summed E-state index contributed by atoms with van der Waals surface area (Å²) >= 11 is 0. The van der Waals surface area contributed by atoms with Crippen molar-refractivity contribution in [2.75, 3.05) is 13.2 Å². The summed E-state index contributed by atoms with van der Waals surface area (Å²) in [5, 5.41) is 0.